The molecule has 3 heterocycles. The van der Waals surface area contributed by atoms with Crippen LogP contribution in [0.5, 0.6) is 11.6 Å². The van der Waals surface area contributed by atoms with Gasteiger partial charge in [0.1, 0.15) is 29.6 Å². The van der Waals surface area contributed by atoms with Crippen molar-refractivity contribution in [1.29, 1.82) is 5.26 Å². The van der Waals surface area contributed by atoms with Crippen LogP contribution in [-0.4, -0.2) is 62.3 Å². The molecule has 0 bridgehead atoms. The summed E-state index contributed by atoms with van der Waals surface area (Å²) in [5, 5.41) is 14.0. The highest BCUT2D eigenvalue weighted by Gasteiger charge is 2.50. The molecule has 1 fully saturated rings. The molecule has 0 saturated carbocycles. The first-order chi connectivity index (χ1) is 19.6. The van der Waals surface area contributed by atoms with Crippen LogP contribution in [0.25, 0.3) is 22.8 Å². The monoisotopic (exact) mass is 617 g/mol. The number of carbonyl (C=O) groups excluding carboxylic acids is 1. The van der Waals surface area contributed by atoms with Crippen LogP contribution in [0.3, 0.4) is 0 Å². The number of nitrogens with zero attached hydrogens (tertiary/aromatic N) is 5. The number of hydrogen-bond donors (Lipinski definition) is 0. The summed E-state index contributed by atoms with van der Waals surface area (Å²) in [5.74, 6) is 0.826. The SMILES string of the molecule is CC(C)Oc1ncc(-c2nc(-c3cc(Cl)c(OC[C@H]4[C@@H](C)OC(C)(C)N4C(=O)OC(C)(C)C)c(Cl)c3)no2)cc1C#N. The summed E-state index contributed by atoms with van der Waals surface area (Å²) in [4.78, 5) is 23.2. The second kappa shape index (κ2) is 12.0. The van der Waals surface area contributed by atoms with Gasteiger partial charge in [-0.25, -0.2) is 9.78 Å². The molecule has 4 rings (SSSR count). The van der Waals surface area contributed by atoms with E-state index in [9.17, 15) is 10.1 Å². The van der Waals surface area contributed by atoms with Gasteiger partial charge in [-0.15, -0.1) is 0 Å². The van der Waals surface area contributed by atoms with Crippen LogP contribution in [0.1, 0.15) is 61.0 Å². The van der Waals surface area contributed by atoms with Crippen molar-refractivity contribution >= 4 is 29.3 Å². The number of nitriles is 1. The molecule has 2 aromatic heterocycles. The summed E-state index contributed by atoms with van der Waals surface area (Å²) in [6.07, 6.45) is 0.495. The fraction of sp³-hybridized carbons (Fsp3) is 0.483. The predicted molar refractivity (Wildman–Crippen MR) is 155 cm³/mol. The first-order valence-corrected chi connectivity index (χ1v) is 14.1. The van der Waals surface area contributed by atoms with E-state index in [1.165, 1.54) is 11.1 Å². The molecular formula is C29H33Cl2N5O6. The quantitative estimate of drug-likeness (QED) is 0.275. The lowest BCUT2D eigenvalue weighted by atomic mass is 10.1. The van der Waals surface area contributed by atoms with Gasteiger partial charge in [0.15, 0.2) is 5.75 Å². The molecule has 1 aliphatic rings. The van der Waals surface area contributed by atoms with Gasteiger partial charge < -0.3 is 23.5 Å². The van der Waals surface area contributed by atoms with Crippen LogP contribution >= 0.6 is 23.2 Å². The molecule has 11 nitrogen and oxygen atoms in total. The molecule has 0 radical (unpaired) electrons. The molecular weight excluding hydrogens is 585 g/mol. The van der Waals surface area contributed by atoms with Crippen LogP contribution in [0.2, 0.25) is 10.0 Å². The molecule has 224 valence electrons. The van der Waals surface area contributed by atoms with Crippen molar-refractivity contribution < 1.29 is 28.3 Å². The molecule has 1 aromatic carbocycles. The van der Waals surface area contributed by atoms with Gasteiger partial charge >= 0.3 is 6.09 Å². The van der Waals surface area contributed by atoms with Crippen LogP contribution in [-0.2, 0) is 9.47 Å². The van der Waals surface area contributed by atoms with E-state index in [1.54, 1.807) is 52.8 Å². The first kappa shape index (κ1) is 31.3. The fourth-order valence-electron chi connectivity index (χ4n) is 4.50. The van der Waals surface area contributed by atoms with E-state index in [0.29, 0.717) is 11.1 Å². The zero-order chi connectivity index (χ0) is 31.0. The minimum atomic E-state index is -0.908. The Morgan fingerprint density at radius 3 is 2.45 bits per heavy atom. The van der Waals surface area contributed by atoms with Gasteiger partial charge in [-0.1, -0.05) is 28.4 Å². The zero-order valence-electron chi connectivity index (χ0n) is 24.7. The molecule has 1 amide bonds. The minimum absolute atomic E-state index is 0.0553. The van der Waals surface area contributed by atoms with Crippen molar-refractivity contribution in [1.82, 2.24) is 20.0 Å². The number of aromatic nitrogens is 3. The van der Waals surface area contributed by atoms with E-state index in [4.69, 9.17) is 46.7 Å². The standard InChI is InChI=1S/C29H33Cl2N5O6/c1-15(2)39-25-18(12-32)9-19(13-33-25)26-34-24(35-42-26)17-10-20(30)23(21(31)11-17)38-14-22-16(3)40-29(7,8)36(22)27(37)41-28(4,5)6/h9-11,13,15-16,22H,14H2,1-8H3/t16-,22+/m1/s1. The number of amides is 1. The molecule has 2 atom stereocenters. The van der Waals surface area contributed by atoms with Crippen LogP contribution in [0, 0.1) is 11.3 Å². The molecule has 1 saturated heterocycles. The molecule has 0 aliphatic carbocycles. The van der Waals surface area contributed by atoms with Crippen LogP contribution in [0.15, 0.2) is 28.9 Å². The van der Waals surface area contributed by atoms with Crippen molar-refractivity contribution in [3.05, 3.63) is 40.0 Å². The van der Waals surface area contributed by atoms with Crippen molar-refractivity contribution in [2.75, 3.05) is 6.61 Å². The van der Waals surface area contributed by atoms with E-state index in [1.807, 2.05) is 20.8 Å². The number of ether oxygens (including phenoxy) is 4. The van der Waals surface area contributed by atoms with Gasteiger partial charge in [0.2, 0.25) is 11.7 Å². The second-order valence-corrected chi connectivity index (χ2v) is 12.4. The van der Waals surface area contributed by atoms with Crippen molar-refractivity contribution in [3.63, 3.8) is 0 Å². The normalized spacial score (nSPS) is 18.2. The van der Waals surface area contributed by atoms with Gasteiger partial charge in [-0.3, -0.25) is 4.90 Å². The topological polar surface area (TPSA) is 133 Å². The predicted octanol–water partition coefficient (Wildman–Crippen LogP) is 6.90. The van der Waals surface area contributed by atoms with Gasteiger partial charge in [0.05, 0.1) is 33.9 Å². The van der Waals surface area contributed by atoms with Crippen LogP contribution in [0.4, 0.5) is 4.79 Å². The van der Waals surface area contributed by atoms with Crippen molar-refractivity contribution in [2.45, 2.75) is 85.0 Å². The van der Waals surface area contributed by atoms with Gasteiger partial charge in [0.25, 0.3) is 5.89 Å². The van der Waals surface area contributed by atoms with Crippen LogP contribution < -0.4 is 9.47 Å². The average Bonchev–Trinajstić information content (AvgIpc) is 3.44. The second-order valence-electron chi connectivity index (χ2n) is 11.5. The number of halogens is 2. The largest absolute Gasteiger partial charge is 0.488 e. The molecule has 13 heteroatoms. The van der Waals surface area contributed by atoms with E-state index in [-0.39, 0.29) is 57.8 Å². The Morgan fingerprint density at radius 2 is 1.86 bits per heavy atom. The Balaban J connectivity index is 1.53. The lowest BCUT2D eigenvalue weighted by molar-refractivity contribution is -0.0760. The minimum Gasteiger partial charge on any atom is -0.488 e. The third kappa shape index (κ3) is 6.89. The highest BCUT2D eigenvalue weighted by atomic mass is 35.5. The summed E-state index contributed by atoms with van der Waals surface area (Å²) in [6.45, 7) is 14.6. The Labute approximate surface area is 254 Å². The van der Waals surface area contributed by atoms with E-state index < -0.39 is 23.5 Å². The van der Waals surface area contributed by atoms with Crippen molar-refractivity contribution in [3.8, 4) is 40.5 Å². The summed E-state index contributed by atoms with van der Waals surface area (Å²) in [5.41, 5.74) is -0.417. The lowest BCUT2D eigenvalue weighted by Gasteiger charge is -2.35. The molecule has 3 aromatic rings. The third-order valence-electron chi connectivity index (χ3n) is 6.16. The molecule has 0 unspecified atom stereocenters. The number of rotatable bonds is 7. The maximum absolute atomic E-state index is 13.0. The molecule has 1 aliphatic heterocycles. The number of carbonyl (C=O) groups is 1. The summed E-state index contributed by atoms with van der Waals surface area (Å²) >= 11 is 13.2. The fourth-order valence-corrected chi connectivity index (χ4v) is 5.09. The van der Waals surface area contributed by atoms with Gasteiger partial charge in [-0.2, -0.15) is 10.2 Å². The maximum atomic E-state index is 13.0. The maximum Gasteiger partial charge on any atom is 0.413 e. The highest BCUT2D eigenvalue weighted by Crippen LogP contribution is 2.39. The van der Waals surface area contributed by atoms with Gasteiger partial charge in [-0.05, 0) is 73.6 Å². The van der Waals surface area contributed by atoms with Crippen molar-refractivity contribution in [2.24, 2.45) is 0 Å². The zero-order valence-corrected chi connectivity index (χ0v) is 26.2. The Hall–Kier alpha value is -3.59. The Kier molecular flexibility index (Phi) is 8.92. The average molecular weight is 619 g/mol. The molecule has 0 spiro atoms. The highest BCUT2D eigenvalue weighted by molar-refractivity contribution is 6.37. The van der Waals surface area contributed by atoms with E-state index in [2.05, 4.69) is 21.2 Å². The van der Waals surface area contributed by atoms with Gasteiger partial charge in [0, 0.05) is 11.8 Å². The summed E-state index contributed by atoms with van der Waals surface area (Å²) in [7, 11) is 0. The number of benzene rings is 1. The molecule has 42 heavy (non-hydrogen) atoms. The number of hydrogen-bond acceptors (Lipinski definition) is 10. The Morgan fingerprint density at radius 1 is 1.19 bits per heavy atom. The third-order valence-corrected chi connectivity index (χ3v) is 6.73. The van der Waals surface area contributed by atoms with E-state index in [0.717, 1.165) is 0 Å². The summed E-state index contributed by atoms with van der Waals surface area (Å²) in [6, 6.07) is 6.36. The number of pyridine rings is 1. The first-order valence-electron chi connectivity index (χ1n) is 13.3. The smallest absolute Gasteiger partial charge is 0.413 e. The Bertz CT molecular complexity index is 1490. The summed E-state index contributed by atoms with van der Waals surface area (Å²) < 4.78 is 28.7. The van der Waals surface area contributed by atoms with E-state index >= 15 is 0 Å². The lowest BCUT2D eigenvalue weighted by Crippen LogP contribution is -2.52. The molecule has 0 N–H and O–H groups in total.